The number of fused-ring (bicyclic) bond motifs is 1. The van der Waals surface area contributed by atoms with Gasteiger partial charge < -0.3 is 4.74 Å². The largest absolute Gasteiger partial charge is 0.481 e. The molecule has 0 aromatic carbocycles. The summed E-state index contributed by atoms with van der Waals surface area (Å²) in [5.41, 5.74) is 3.13. The zero-order chi connectivity index (χ0) is 16.5. The first-order valence-electron chi connectivity index (χ1n) is 7.29. The molecule has 0 spiro atoms. The number of hydrogen-bond acceptors (Lipinski definition) is 5. The average Bonchev–Trinajstić information content (AvgIpc) is 3.07. The van der Waals surface area contributed by atoms with Crippen LogP contribution in [0.15, 0.2) is 59.8 Å². The van der Waals surface area contributed by atoms with E-state index in [4.69, 9.17) is 4.74 Å². The molecule has 24 heavy (non-hydrogen) atoms. The Morgan fingerprint density at radius 1 is 1.17 bits per heavy atom. The lowest BCUT2D eigenvalue weighted by molar-refractivity contribution is 0.399. The minimum Gasteiger partial charge on any atom is -0.481 e. The van der Waals surface area contributed by atoms with Crippen molar-refractivity contribution in [3.63, 3.8) is 0 Å². The summed E-state index contributed by atoms with van der Waals surface area (Å²) < 4.78 is 6.65. The highest BCUT2D eigenvalue weighted by Crippen LogP contribution is 2.26. The molecule has 0 radical (unpaired) electrons. The van der Waals surface area contributed by atoms with E-state index in [-0.39, 0.29) is 5.56 Å². The Morgan fingerprint density at radius 2 is 2.04 bits per heavy atom. The van der Waals surface area contributed by atoms with E-state index in [1.807, 2.05) is 24.3 Å². The topological polar surface area (TPSA) is 85.2 Å². The van der Waals surface area contributed by atoms with E-state index in [2.05, 4.69) is 20.1 Å². The highest BCUT2D eigenvalue weighted by molar-refractivity contribution is 5.68. The van der Waals surface area contributed by atoms with Crippen LogP contribution >= 0.6 is 0 Å². The maximum Gasteiger partial charge on any atom is 0.273 e. The van der Waals surface area contributed by atoms with Crippen LogP contribution < -0.4 is 10.3 Å². The summed E-state index contributed by atoms with van der Waals surface area (Å²) in [6.07, 6.45) is 5.05. The molecule has 7 heteroatoms. The van der Waals surface area contributed by atoms with E-state index >= 15 is 0 Å². The molecule has 0 bridgehead atoms. The molecular formula is C17H13N5O2. The first-order valence-corrected chi connectivity index (χ1v) is 7.29. The Bertz CT molecular complexity index is 1070. The summed E-state index contributed by atoms with van der Waals surface area (Å²) in [5.74, 6) is 0.428. The summed E-state index contributed by atoms with van der Waals surface area (Å²) in [5, 5.41) is 3.04. The molecular weight excluding hydrogens is 306 g/mol. The van der Waals surface area contributed by atoms with Crippen molar-refractivity contribution in [2.45, 2.75) is 0 Å². The Balaban J connectivity index is 1.90. The first-order chi connectivity index (χ1) is 11.8. The maximum atomic E-state index is 12.4. The zero-order valence-corrected chi connectivity index (χ0v) is 12.8. The van der Waals surface area contributed by atoms with E-state index < -0.39 is 0 Å². The highest BCUT2D eigenvalue weighted by Gasteiger charge is 2.12. The minimum absolute atomic E-state index is 0.212. The highest BCUT2D eigenvalue weighted by atomic mass is 16.5. The van der Waals surface area contributed by atoms with Gasteiger partial charge in [0.2, 0.25) is 5.88 Å². The van der Waals surface area contributed by atoms with Gasteiger partial charge in [0.15, 0.2) is 5.65 Å². The lowest BCUT2D eigenvalue weighted by atomic mass is 10.2. The number of aromatic amines is 1. The lowest BCUT2D eigenvalue weighted by Gasteiger charge is -2.05. The second-order valence-corrected chi connectivity index (χ2v) is 5.14. The molecule has 0 aliphatic carbocycles. The van der Waals surface area contributed by atoms with Crippen molar-refractivity contribution in [2.75, 3.05) is 7.11 Å². The van der Waals surface area contributed by atoms with Crippen molar-refractivity contribution >= 4 is 5.65 Å². The number of H-pyrrole nitrogens is 1. The second kappa shape index (κ2) is 5.62. The van der Waals surface area contributed by atoms with Crippen molar-refractivity contribution in [3.05, 3.63) is 65.3 Å². The SMILES string of the molecule is COc1ncccc1-c1cc(=O)n2[nH]c(-c3cccnc3)cc2n1. The van der Waals surface area contributed by atoms with E-state index in [9.17, 15) is 4.79 Å². The molecule has 4 rings (SSSR count). The van der Waals surface area contributed by atoms with Crippen molar-refractivity contribution in [1.82, 2.24) is 24.6 Å². The molecule has 0 atom stereocenters. The van der Waals surface area contributed by atoms with Crippen molar-refractivity contribution in [3.8, 4) is 28.4 Å². The van der Waals surface area contributed by atoms with Gasteiger partial charge in [0.1, 0.15) is 0 Å². The molecule has 4 aromatic heterocycles. The number of hydrogen-bond donors (Lipinski definition) is 1. The third kappa shape index (κ3) is 2.32. The van der Waals surface area contributed by atoms with Gasteiger partial charge in [0, 0.05) is 36.3 Å². The van der Waals surface area contributed by atoms with Crippen molar-refractivity contribution in [2.24, 2.45) is 0 Å². The van der Waals surface area contributed by atoms with Gasteiger partial charge in [-0.15, -0.1) is 0 Å². The first kappa shape index (κ1) is 14.1. The Kier molecular flexibility index (Phi) is 3.31. The summed E-state index contributed by atoms with van der Waals surface area (Å²) in [6, 6.07) is 10.6. The summed E-state index contributed by atoms with van der Waals surface area (Å²) in [6.45, 7) is 0. The van der Waals surface area contributed by atoms with Gasteiger partial charge >= 0.3 is 0 Å². The van der Waals surface area contributed by atoms with E-state index in [1.54, 1.807) is 24.7 Å². The van der Waals surface area contributed by atoms with Gasteiger partial charge in [0.25, 0.3) is 5.56 Å². The van der Waals surface area contributed by atoms with Gasteiger partial charge in [-0.2, -0.15) is 0 Å². The third-order valence-corrected chi connectivity index (χ3v) is 3.66. The average molecular weight is 319 g/mol. The second-order valence-electron chi connectivity index (χ2n) is 5.14. The Hall–Kier alpha value is -3.48. The standard InChI is InChI=1S/C17H13N5O2/c1-24-17-12(5-3-7-19-17)14-9-16(23)22-15(20-14)8-13(21-22)11-4-2-6-18-10-11/h2-10,21H,1H3. The number of methoxy groups -OCH3 is 1. The van der Waals surface area contributed by atoms with Crippen LogP contribution in [0.5, 0.6) is 5.88 Å². The maximum absolute atomic E-state index is 12.4. The number of rotatable bonds is 3. The molecule has 0 amide bonds. The van der Waals surface area contributed by atoms with Gasteiger partial charge in [0.05, 0.1) is 24.1 Å². The molecule has 0 saturated carbocycles. The van der Waals surface area contributed by atoms with Crippen LogP contribution in [0.2, 0.25) is 0 Å². The monoisotopic (exact) mass is 319 g/mol. The Morgan fingerprint density at radius 3 is 2.83 bits per heavy atom. The predicted octanol–water partition coefficient (Wildman–Crippen LogP) is 2.16. The quantitative estimate of drug-likeness (QED) is 0.625. The Labute approximate surface area is 136 Å². The molecule has 4 aromatic rings. The smallest absolute Gasteiger partial charge is 0.273 e. The molecule has 0 saturated heterocycles. The van der Waals surface area contributed by atoms with Crippen molar-refractivity contribution < 1.29 is 4.74 Å². The molecule has 7 nitrogen and oxygen atoms in total. The number of pyridine rings is 2. The molecule has 4 heterocycles. The fraction of sp³-hybridized carbons (Fsp3) is 0.0588. The predicted molar refractivity (Wildman–Crippen MR) is 88.8 cm³/mol. The summed E-state index contributed by atoms with van der Waals surface area (Å²) in [4.78, 5) is 25.2. The van der Waals surface area contributed by atoms with Crippen LogP contribution in [0, 0.1) is 0 Å². The normalized spacial score (nSPS) is 10.9. The number of aromatic nitrogens is 5. The molecule has 0 fully saturated rings. The van der Waals surface area contributed by atoms with Crippen LogP contribution in [0.25, 0.3) is 28.2 Å². The molecule has 118 valence electrons. The lowest BCUT2D eigenvalue weighted by Crippen LogP contribution is -2.14. The van der Waals surface area contributed by atoms with Gasteiger partial charge in [-0.1, -0.05) is 0 Å². The van der Waals surface area contributed by atoms with Crippen molar-refractivity contribution in [1.29, 1.82) is 0 Å². The van der Waals surface area contributed by atoms with Gasteiger partial charge in [-0.05, 0) is 24.3 Å². The minimum atomic E-state index is -0.212. The van der Waals surface area contributed by atoms with Gasteiger partial charge in [-0.3, -0.25) is 14.9 Å². The van der Waals surface area contributed by atoms with Crippen LogP contribution in [-0.4, -0.2) is 31.7 Å². The molecule has 0 aliphatic heterocycles. The van der Waals surface area contributed by atoms with Crippen LogP contribution in [-0.2, 0) is 0 Å². The molecule has 1 N–H and O–H groups in total. The summed E-state index contributed by atoms with van der Waals surface area (Å²) in [7, 11) is 1.54. The molecule has 0 unspecified atom stereocenters. The van der Waals surface area contributed by atoms with Gasteiger partial charge in [-0.25, -0.2) is 14.5 Å². The fourth-order valence-corrected chi connectivity index (χ4v) is 2.55. The fourth-order valence-electron chi connectivity index (χ4n) is 2.55. The van der Waals surface area contributed by atoms with Crippen LogP contribution in [0.3, 0.4) is 0 Å². The number of nitrogens with zero attached hydrogens (tertiary/aromatic N) is 4. The van der Waals surface area contributed by atoms with E-state index in [1.165, 1.54) is 17.7 Å². The van der Waals surface area contributed by atoms with E-state index in [0.717, 1.165) is 11.3 Å². The van der Waals surface area contributed by atoms with E-state index in [0.29, 0.717) is 22.8 Å². The number of ether oxygens (including phenoxy) is 1. The van der Waals surface area contributed by atoms with Crippen LogP contribution in [0.1, 0.15) is 0 Å². The third-order valence-electron chi connectivity index (χ3n) is 3.66. The van der Waals surface area contributed by atoms with Crippen LogP contribution in [0.4, 0.5) is 0 Å². The zero-order valence-electron chi connectivity index (χ0n) is 12.8. The number of nitrogens with one attached hydrogen (secondary N) is 1. The summed E-state index contributed by atoms with van der Waals surface area (Å²) >= 11 is 0. The molecule has 0 aliphatic rings.